The molecule has 0 heterocycles. The zero-order chi connectivity index (χ0) is 14.8. The molecule has 0 aromatic carbocycles. The third kappa shape index (κ3) is 3.54. The molecule has 2 saturated carbocycles. The summed E-state index contributed by atoms with van der Waals surface area (Å²) in [6.45, 7) is 7.21. The maximum Gasteiger partial charge on any atom is 0.223 e. The highest BCUT2D eigenvalue weighted by Gasteiger charge is 2.54. The van der Waals surface area contributed by atoms with Crippen LogP contribution in [0.2, 0.25) is 0 Å². The van der Waals surface area contributed by atoms with Crippen LogP contribution in [0.5, 0.6) is 0 Å². The Labute approximate surface area is 135 Å². The summed E-state index contributed by atoms with van der Waals surface area (Å²) in [4.78, 5) is 12.4. The van der Waals surface area contributed by atoms with Crippen LogP contribution in [0.3, 0.4) is 0 Å². The second-order valence-corrected chi connectivity index (χ2v) is 6.45. The number of hydrogen-bond donors (Lipinski definition) is 2. The van der Waals surface area contributed by atoms with Gasteiger partial charge in [-0.25, -0.2) is 0 Å². The Hall–Kier alpha value is -0.320. The highest BCUT2D eigenvalue weighted by Crippen LogP contribution is 2.49. The van der Waals surface area contributed by atoms with E-state index in [9.17, 15) is 4.79 Å². The molecule has 3 N–H and O–H groups in total. The summed E-state index contributed by atoms with van der Waals surface area (Å²) in [5.41, 5.74) is 6.04. The summed E-state index contributed by atoms with van der Waals surface area (Å²) in [5.74, 6) is 0.340. The van der Waals surface area contributed by atoms with Crippen molar-refractivity contribution in [2.24, 2.45) is 17.1 Å². The van der Waals surface area contributed by atoms with E-state index in [2.05, 4.69) is 19.2 Å². The molecule has 0 aliphatic heterocycles. The first-order chi connectivity index (χ1) is 9.57. The van der Waals surface area contributed by atoms with Crippen molar-refractivity contribution in [3.63, 3.8) is 0 Å². The van der Waals surface area contributed by atoms with E-state index in [4.69, 9.17) is 10.5 Å². The van der Waals surface area contributed by atoms with Crippen LogP contribution < -0.4 is 11.1 Å². The van der Waals surface area contributed by atoms with Crippen LogP contribution in [0.4, 0.5) is 0 Å². The van der Waals surface area contributed by atoms with Gasteiger partial charge < -0.3 is 15.8 Å². The lowest BCUT2D eigenvalue weighted by Crippen LogP contribution is -2.64. The molecule has 0 bridgehead atoms. The van der Waals surface area contributed by atoms with Crippen LogP contribution in [-0.2, 0) is 9.53 Å². The van der Waals surface area contributed by atoms with Crippen LogP contribution >= 0.6 is 12.4 Å². The van der Waals surface area contributed by atoms with Gasteiger partial charge in [0.1, 0.15) is 0 Å². The Bertz CT molecular complexity index is 347. The van der Waals surface area contributed by atoms with Crippen molar-refractivity contribution < 1.29 is 9.53 Å². The van der Waals surface area contributed by atoms with E-state index < -0.39 is 0 Å². The van der Waals surface area contributed by atoms with E-state index in [1.165, 1.54) is 0 Å². The number of nitrogens with two attached hydrogens (primary N) is 1. The number of amides is 1. The minimum Gasteiger partial charge on any atom is -0.378 e. The highest BCUT2D eigenvalue weighted by molar-refractivity contribution is 5.85. The topological polar surface area (TPSA) is 64.3 Å². The number of carbonyl (C=O) groups excluding carboxylic acids is 1. The monoisotopic (exact) mass is 318 g/mol. The van der Waals surface area contributed by atoms with Crippen LogP contribution in [0, 0.1) is 11.3 Å². The fourth-order valence-corrected chi connectivity index (χ4v) is 4.13. The molecular formula is C16H31ClN2O2. The lowest BCUT2D eigenvalue weighted by molar-refractivity contribution is -0.150. The van der Waals surface area contributed by atoms with Crippen LogP contribution in [0.1, 0.15) is 59.3 Å². The summed E-state index contributed by atoms with van der Waals surface area (Å²) < 4.78 is 5.86. The molecule has 2 fully saturated rings. The standard InChI is InChI=1S/C16H30N2O2.ClH/c1-4-16(5-2)13(10-14(16)20-6-3)18-15(19)11-7-8-12(17)9-11;/h11-14H,4-10,17H2,1-3H3,(H,18,19);1H. The molecular weight excluding hydrogens is 288 g/mol. The molecule has 0 radical (unpaired) electrons. The van der Waals surface area contributed by atoms with E-state index in [1.54, 1.807) is 0 Å². The van der Waals surface area contributed by atoms with Crippen LogP contribution in [0.15, 0.2) is 0 Å². The Balaban J connectivity index is 0.00000220. The maximum absolute atomic E-state index is 12.4. The van der Waals surface area contributed by atoms with Crippen molar-refractivity contribution in [2.75, 3.05) is 6.61 Å². The van der Waals surface area contributed by atoms with Crippen molar-refractivity contribution in [1.82, 2.24) is 5.32 Å². The first-order valence-electron chi connectivity index (χ1n) is 8.24. The number of rotatable bonds is 6. The molecule has 1 amide bonds. The van der Waals surface area contributed by atoms with Crippen molar-refractivity contribution >= 4 is 18.3 Å². The van der Waals surface area contributed by atoms with Gasteiger partial charge in [-0.05, 0) is 45.4 Å². The van der Waals surface area contributed by atoms with Crippen molar-refractivity contribution in [3.8, 4) is 0 Å². The third-order valence-corrected chi connectivity index (χ3v) is 5.63. The Morgan fingerprint density at radius 2 is 1.90 bits per heavy atom. The molecule has 0 spiro atoms. The number of nitrogens with one attached hydrogen (secondary N) is 1. The molecule has 0 aromatic heterocycles. The number of carbonyl (C=O) groups is 1. The van der Waals surface area contributed by atoms with E-state index in [-0.39, 0.29) is 41.7 Å². The van der Waals surface area contributed by atoms with Gasteiger partial charge in [0.25, 0.3) is 0 Å². The van der Waals surface area contributed by atoms with Gasteiger partial charge in [0.05, 0.1) is 6.10 Å². The second kappa shape index (κ2) is 7.80. The highest BCUT2D eigenvalue weighted by atomic mass is 35.5. The summed E-state index contributed by atoms with van der Waals surface area (Å²) in [5, 5.41) is 3.29. The molecule has 2 aliphatic carbocycles. The Morgan fingerprint density at radius 1 is 1.24 bits per heavy atom. The van der Waals surface area contributed by atoms with Crippen molar-refractivity contribution in [2.45, 2.75) is 77.5 Å². The molecule has 4 nitrogen and oxygen atoms in total. The normalized spacial score (nSPS) is 33.9. The lowest BCUT2D eigenvalue weighted by Gasteiger charge is -2.55. The van der Waals surface area contributed by atoms with Gasteiger partial charge in [-0.3, -0.25) is 4.79 Å². The van der Waals surface area contributed by atoms with Crippen molar-refractivity contribution in [3.05, 3.63) is 0 Å². The fraction of sp³-hybridized carbons (Fsp3) is 0.938. The van der Waals surface area contributed by atoms with Gasteiger partial charge >= 0.3 is 0 Å². The minimum atomic E-state index is 0. The van der Waals surface area contributed by atoms with Gasteiger partial charge in [-0.2, -0.15) is 0 Å². The molecule has 5 heteroatoms. The smallest absolute Gasteiger partial charge is 0.223 e. The SMILES string of the molecule is CCOC1CC(NC(=O)C2CCC(N)C2)C1(CC)CC.Cl. The van der Waals surface area contributed by atoms with E-state index >= 15 is 0 Å². The van der Waals surface area contributed by atoms with E-state index in [0.717, 1.165) is 45.1 Å². The molecule has 2 aliphatic rings. The van der Waals surface area contributed by atoms with Crippen LogP contribution in [-0.4, -0.2) is 30.7 Å². The number of hydrogen-bond acceptors (Lipinski definition) is 3. The Morgan fingerprint density at radius 3 is 2.38 bits per heavy atom. The predicted octanol–water partition coefficient (Wildman–Crippen LogP) is 2.64. The average Bonchev–Trinajstić information content (AvgIpc) is 2.86. The summed E-state index contributed by atoms with van der Waals surface area (Å²) in [7, 11) is 0. The molecule has 124 valence electrons. The van der Waals surface area contributed by atoms with Gasteiger partial charge in [0.15, 0.2) is 0 Å². The van der Waals surface area contributed by atoms with E-state index in [0.29, 0.717) is 6.10 Å². The quantitative estimate of drug-likeness (QED) is 0.791. The minimum absolute atomic E-state index is 0. The Kier molecular flexibility index (Phi) is 6.95. The molecule has 0 aromatic rings. The lowest BCUT2D eigenvalue weighted by atomic mass is 9.58. The van der Waals surface area contributed by atoms with Gasteiger partial charge in [-0.1, -0.05) is 13.8 Å². The maximum atomic E-state index is 12.4. The molecule has 21 heavy (non-hydrogen) atoms. The fourth-order valence-electron chi connectivity index (χ4n) is 4.13. The molecule has 2 rings (SSSR count). The summed E-state index contributed by atoms with van der Waals surface area (Å²) in [6, 6.07) is 0.490. The van der Waals surface area contributed by atoms with Crippen molar-refractivity contribution in [1.29, 1.82) is 0 Å². The largest absolute Gasteiger partial charge is 0.378 e. The number of halogens is 1. The van der Waals surface area contributed by atoms with Crippen LogP contribution in [0.25, 0.3) is 0 Å². The second-order valence-electron chi connectivity index (χ2n) is 6.45. The average molecular weight is 319 g/mol. The predicted molar refractivity (Wildman–Crippen MR) is 87.5 cm³/mol. The molecule has 4 unspecified atom stereocenters. The van der Waals surface area contributed by atoms with E-state index in [1.807, 2.05) is 6.92 Å². The summed E-state index contributed by atoms with van der Waals surface area (Å²) >= 11 is 0. The molecule has 0 saturated heterocycles. The summed E-state index contributed by atoms with van der Waals surface area (Å²) in [6.07, 6.45) is 6.15. The first kappa shape index (κ1) is 18.7. The first-order valence-corrected chi connectivity index (χ1v) is 8.24. The zero-order valence-electron chi connectivity index (χ0n) is 13.6. The van der Waals surface area contributed by atoms with Gasteiger partial charge in [0, 0.05) is 30.0 Å². The van der Waals surface area contributed by atoms with Gasteiger partial charge in [0.2, 0.25) is 5.91 Å². The zero-order valence-corrected chi connectivity index (χ0v) is 14.4. The third-order valence-electron chi connectivity index (χ3n) is 5.63. The van der Waals surface area contributed by atoms with Gasteiger partial charge in [-0.15, -0.1) is 12.4 Å². The number of ether oxygens (including phenoxy) is 1. The molecule has 4 atom stereocenters.